The predicted octanol–water partition coefficient (Wildman–Crippen LogP) is 2.51. The van der Waals surface area contributed by atoms with Gasteiger partial charge in [0.1, 0.15) is 6.04 Å². The number of hydrogen-bond acceptors (Lipinski definition) is 3. The lowest BCUT2D eigenvalue weighted by molar-refractivity contribution is -0.132. The van der Waals surface area contributed by atoms with Crippen molar-refractivity contribution < 1.29 is 14.4 Å². The molecule has 1 aromatic carbocycles. The highest BCUT2D eigenvalue weighted by atomic mass is 16.2. The summed E-state index contributed by atoms with van der Waals surface area (Å²) in [6.07, 6.45) is 1.91. The Hall–Kier alpha value is -2.37. The molecule has 1 heterocycles. The van der Waals surface area contributed by atoms with Crippen molar-refractivity contribution in [3.05, 3.63) is 35.4 Å². The highest BCUT2D eigenvalue weighted by Crippen LogP contribution is 2.22. The van der Waals surface area contributed by atoms with E-state index in [1.54, 1.807) is 6.07 Å². The zero-order valence-corrected chi connectivity index (χ0v) is 17.5. The third-order valence-corrected chi connectivity index (χ3v) is 5.31. The van der Waals surface area contributed by atoms with Crippen LogP contribution in [0.2, 0.25) is 0 Å². The number of nitrogens with one attached hydrogen (secondary N) is 2. The Morgan fingerprint density at radius 3 is 2.36 bits per heavy atom. The molecule has 1 atom stereocenters. The minimum absolute atomic E-state index is 0.0148. The van der Waals surface area contributed by atoms with E-state index in [2.05, 4.69) is 10.6 Å². The summed E-state index contributed by atoms with van der Waals surface area (Å²) in [6.45, 7) is 9.66. The quantitative estimate of drug-likeness (QED) is 0.755. The second-order valence-corrected chi connectivity index (χ2v) is 7.98. The van der Waals surface area contributed by atoms with Crippen LogP contribution in [0.25, 0.3) is 0 Å². The molecule has 2 rings (SSSR count). The van der Waals surface area contributed by atoms with Gasteiger partial charge in [0.15, 0.2) is 0 Å². The lowest BCUT2D eigenvalue weighted by Gasteiger charge is -2.36. The molecule has 0 aromatic heterocycles. The SMILES string of the molecule is CCC(=O)N1CCC([C@@H](NC(=O)c2ccccc2C)C(=O)NCC(C)C)CC1. The fraction of sp³-hybridized carbons (Fsp3) is 0.591. The molecule has 1 saturated heterocycles. The average Bonchev–Trinajstić information content (AvgIpc) is 2.70. The van der Waals surface area contributed by atoms with Crippen LogP contribution in [0.4, 0.5) is 0 Å². The van der Waals surface area contributed by atoms with Crippen LogP contribution in [-0.4, -0.2) is 48.3 Å². The highest BCUT2D eigenvalue weighted by molar-refractivity contribution is 5.98. The molecule has 0 spiro atoms. The summed E-state index contributed by atoms with van der Waals surface area (Å²) >= 11 is 0. The maximum absolute atomic E-state index is 12.9. The van der Waals surface area contributed by atoms with E-state index < -0.39 is 6.04 Å². The van der Waals surface area contributed by atoms with Gasteiger partial charge in [-0.3, -0.25) is 14.4 Å². The first-order valence-corrected chi connectivity index (χ1v) is 10.3. The second-order valence-electron chi connectivity index (χ2n) is 7.98. The minimum Gasteiger partial charge on any atom is -0.354 e. The molecule has 0 saturated carbocycles. The molecule has 0 radical (unpaired) electrons. The number of carbonyl (C=O) groups excluding carboxylic acids is 3. The van der Waals surface area contributed by atoms with Crippen LogP contribution in [0.1, 0.15) is 56.0 Å². The summed E-state index contributed by atoms with van der Waals surface area (Å²) in [6, 6.07) is 6.78. The van der Waals surface area contributed by atoms with Crippen molar-refractivity contribution in [2.75, 3.05) is 19.6 Å². The van der Waals surface area contributed by atoms with E-state index in [0.29, 0.717) is 50.4 Å². The van der Waals surface area contributed by atoms with Gasteiger partial charge in [0.25, 0.3) is 5.91 Å². The number of nitrogens with zero attached hydrogens (tertiary/aromatic N) is 1. The Morgan fingerprint density at radius 2 is 1.79 bits per heavy atom. The topological polar surface area (TPSA) is 78.5 Å². The standard InChI is InChI=1S/C22H33N3O3/c1-5-19(26)25-12-10-17(11-13-25)20(22(28)23-14-15(2)3)24-21(27)18-9-7-6-8-16(18)4/h6-9,15,17,20H,5,10-14H2,1-4H3,(H,23,28)(H,24,27)/t20-/m1/s1. The molecule has 1 aromatic rings. The van der Waals surface area contributed by atoms with Crippen LogP contribution in [0.3, 0.4) is 0 Å². The van der Waals surface area contributed by atoms with Crippen LogP contribution in [0.5, 0.6) is 0 Å². The van der Waals surface area contributed by atoms with Gasteiger partial charge >= 0.3 is 0 Å². The van der Waals surface area contributed by atoms with Crippen molar-refractivity contribution in [1.82, 2.24) is 15.5 Å². The summed E-state index contributed by atoms with van der Waals surface area (Å²) in [7, 11) is 0. The van der Waals surface area contributed by atoms with Gasteiger partial charge in [0, 0.05) is 31.6 Å². The molecular weight excluding hydrogens is 354 g/mol. The van der Waals surface area contributed by atoms with Gasteiger partial charge in [-0.05, 0) is 43.2 Å². The first-order chi connectivity index (χ1) is 13.3. The molecular formula is C22H33N3O3. The zero-order chi connectivity index (χ0) is 20.7. The largest absolute Gasteiger partial charge is 0.354 e. The monoisotopic (exact) mass is 387 g/mol. The number of rotatable bonds is 7. The van der Waals surface area contributed by atoms with E-state index in [4.69, 9.17) is 0 Å². The Balaban J connectivity index is 2.11. The van der Waals surface area contributed by atoms with E-state index >= 15 is 0 Å². The maximum atomic E-state index is 12.9. The average molecular weight is 388 g/mol. The Bertz CT molecular complexity index is 694. The van der Waals surface area contributed by atoms with E-state index in [1.807, 2.05) is 50.8 Å². The second kappa shape index (κ2) is 10.2. The van der Waals surface area contributed by atoms with Crippen molar-refractivity contribution in [2.45, 2.75) is 53.0 Å². The smallest absolute Gasteiger partial charge is 0.252 e. The van der Waals surface area contributed by atoms with Gasteiger partial charge in [-0.15, -0.1) is 0 Å². The van der Waals surface area contributed by atoms with Crippen molar-refractivity contribution in [1.29, 1.82) is 0 Å². The fourth-order valence-corrected chi connectivity index (χ4v) is 3.56. The lowest BCUT2D eigenvalue weighted by Crippen LogP contribution is -2.54. The molecule has 28 heavy (non-hydrogen) atoms. The number of piperidine rings is 1. The van der Waals surface area contributed by atoms with Crippen LogP contribution >= 0.6 is 0 Å². The number of aryl methyl sites for hydroxylation is 1. The molecule has 1 fully saturated rings. The Morgan fingerprint density at radius 1 is 1.14 bits per heavy atom. The first-order valence-electron chi connectivity index (χ1n) is 10.3. The highest BCUT2D eigenvalue weighted by Gasteiger charge is 2.33. The predicted molar refractivity (Wildman–Crippen MR) is 110 cm³/mol. The number of carbonyl (C=O) groups is 3. The zero-order valence-electron chi connectivity index (χ0n) is 17.5. The van der Waals surface area contributed by atoms with Gasteiger partial charge in [-0.25, -0.2) is 0 Å². The first kappa shape index (κ1) is 21.9. The van der Waals surface area contributed by atoms with Gasteiger partial charge in [-0.2, -0.15) is 0 Å². The summed E-state index contributed by atoms with van der Waals surface area (Å²) in [5.41, 5.74) is 1.47. The molecule has 2 N–H and O–H groups in total. The van der Waals surface area contributed by atoms with Crippen molar-refractivity contribution in [3.63, 3.8) is 0 Å². The lowest BCUT2D eigenvalue weighted by atomic mass is 9.88. The molecule has 6 nitrogen and oxygen atoms in total. The van der Waals surface area contributed by atoms with E-state index in [1.165, 1.54) is 0 Å². The third kappa shape index (κ3) is 5.81. The van der Waals surface area contributed by atoms with Crippen LogP contribution in [0, 0.1) is 18.8 Å². The van der Waals surface area contributed by atoms with E-state index in [9.17, 15) is 14.4 Å². The van der Waals surface area contributed by atoms with Crippen molar-refractivity contribution in [2.24, 2.45) is 11.8 Å². The van der Waals surface area contributed by atoms with Crippen molar-refractivity contribution in [3.8, 4) is 0 Å². The molecule has 6 heteroatoms. The van der Waals surface area contributed by atoms with Gasteiger partial charge in [-0.1, -0.05) is 39.0 Å². The molecule has 0 aliphatic carbocycles. The summed E-state index contributed by atoms with van der Waals surface area (Å²) in [4.78, 5) is 39.5. The van der Waals surface area contributed by atoms with E-state index in [0.717, 1.165) is 5.56 Å². The van der Waals surface area contributed by atoms with Gasteiger partial charge in [0.2, 0.25) is 11.8 Å². The molecule has 3 amide bonds. The Kier molecular flexibility index (Phi) is 8.03. The third-order valence-electron chi connectivity index (χ3n) is 5.31. The number of benzene rings is 1. The van der Waals surface area contributed by atoms with E-state index in [-0.39, 0.29) is 23.6 Å². The summed E-state index contributed by atoms with van der Waals surface area (Å²) in [5.74, 6) is 0.121. The molecule has 154 valence electrons. The van der Waals surface area contributed by atoms with Gasteiger partial charge in [0.05, 0.1) is 0 Å². The minimum atomic E-state index is -0.593. The number of likely N-dealkylation sites (tertiary alicyclic amines) is 1. The van der Waals surface area contributed by atoms with Crippen LogP contribution in [-0.2, 0) is 9.59 Å². The number of hydrogen-bond donors (Lipinski definition) is 2. The van der Waals surface area contributed by atoms with Crippen LogP contribution in [0.15, 0.2) is 24.3 Å². The molecule has 0 bridgehead atoms. The normalized spacial score (nSPS) is 16.0. The maximum Gasteiger partial charge on any atom is 0.252 e. The van der Waals surface area contributed by atoms with Crippen molar-refractivity contribution >= 4 is 17.7 Å². The fourth-order valence-electron chi connectivity index (χ4n) is 3.56. The van der Waals surface area contributed by atoms with Gasteiger partial charge < -0.3 is 15.5 Å². The van der Waals surface area contributed by atoms with Crippen LogP contribution < -0.4 is 10.6 Å². The molecule has 0 unspecified atom stereocenters. The number of amides is 3. The Labute approximate surface area is 168 Å². The summed E-state index contributed by atoms with van der Waals surface area (Å²) in [5, 5.41) is 5.93. The molecule has 1 aliphatic rings. The molecule has 1 aliphatic heterocycles. The summed E-state index contributed by atoms with van der Waals surface area (Å²) < 4.78 is 0.